The molecule has 0 radical (unpaired) electrons. The van der Waals surface area contributed by atoms with Crippen molar-refractivity contribution < 1.29 is 9.47 Å². The zero-order chi connectivity index (χ0) is 9.14. The summed E-state index contributed by atoms with van der Waals surface area (Å²) in [7, 11) is 3.15. The van der Waals surface area contributed by atoms with E-state index in [4.69, 9.17) is 9.47 Å². The van der Waals surface area contributed by atoms with E-state index in [0.717, 1.165) is 3.57 Å². The molecule has 1 heterocycles. The zero-order valence-corrected chi connectivity index (χ0v) is 9.25. The average molecular weight is 280 g/mol. The number of ether oxygens (including phenoxy) is 2. The maximum absolute atomic E-state index is 5.03. The molecular formula is C7H9IN2O2. The highest BCUT2D eigenvalue weighted by Crippen LogP contribution is 2.25. The number of rotatable bonds is 2. The maximum atomic E-state index is 5.03. The van der Waals surface area contributed by atoms with E-state index in [1.807, 2.05) is 0 Å². The predicted molar refractivity (Wildman–Crippen MR) is 52.6 cm³/mol. The first kappa shape index (κ1) is 9.50. The Morgan fingerprint density at radius 2 is 1.50 bits per heavy atom. The SMILES string of the molecule is COc1nc(C)nc(OC)c1I. The molecule has 4 nitrogen and oxygen atoms in total. The van der Waals surface area contributed by atoms with Gasteiger partial charge in [0.25, 0.3) is 0 Å². The number of aryl methyl sites for hydroxylation is 1. The zero-order valence-electron chi connectivity index (χ0n) is 7.09. The van der Waals surface area contributed by atoms with E-state index in [9.17, 15) is 0 Å². The number of methoxy groups -OCH3 is 2. The molecule has 0 aliphatic heterocycles. The number of hydrogen-bond acceptors (Lipinski definition) is 4. The van der Waals surface area contributed by atoms with Gasteiger partial charge >= 0.3 is 0 Å². The molecule has 0 bridgehead atoms. The van der Waals surface area contributed by atoms with E-state index in [1.165, 1.54) is 0 Å². The van der Waals surface area contributed by atoms with Crippen molar-refractivity contribution in [3.05, 3.63) is 9.39 Å². The molecule has 12 heavy (non-hydrogen) atoms. The Morgan fingerprint density at radius 3 is 1.83 bits per heavy atom. The number of nitrogens with zero attached hydrogens (tertiary/aromatic N) is 2. The van der Waals surface area contributed by atoms with Crippen LogP contribution in [0.2, 0.25) is 0 Å². The molecule has 0 saturated carbocycles. The van der Waals surface area contributed by atoms with Crippen molar-refractivity contribution in [2.45, 2.75) is 6.92 Å². The molecule has 0 aliphatic rings. The number of halogens is 1. The summed E-state index contributed by atoms with van der Waals surface area (Å²) in [5, 5.41) is 0. The molecule has 0 aliphatic carbocycles. The van der Waals surface area contributed by atoms with Gasteiger partial charge in [0.15, 0.2) is 0 Å². The highest BCUT2D eigenvalue weighted by atomic mass is 127. The second-order valence-corrected chi connectivity index (χ2v) is 3.18. The smallest absolute Gasteiger partial charge is 0.234 e. The number of hydrogen-bond donors (Lipinski definition) is 0. The van der Waals surface area contributed by atoms with E-state index in [0.29, 0.717) is 17.6 Å². The van der Waals surface area contributed by atoms with Crippen molar-refractivity contribution in [2.75, 3.05) is 14.2 Å². The maximum Gasteiger partial charge on any atom is 0.234 e. The lowest BCUT2D eigenvalue weighted by atomic mass is 10.5. The second kappa shape index (κ2) is 3.88. The molecule has 5 heteroatoms. The monoisotopic (exact) mass is 280 g/mol. The van der Waals surface area contributed by atoms with Crippen molar-refractivity contribution >= 4 is 22.6 Å². The standard InChI is InChI=1S/C7H9IN2O2/c1-4-9-6(11-2)5(8)7(10-4)12-3/h1-3H3. The van der Waals surface area contributed by atoms with E-state index >= 15 is 0 Å². The summed E-state index contributed by atoms with van der Waals surface area (Å²) in [5.74, 6) is 1.75. The summed E-state index contributed by atoms with van der Waals surface area (Å²) >= 11 is 2.08. The lowest BCUT2D eigenvalue weighted by Gasteiger charge is -2.06. The summed E-state index contributed by atoms with van der Waals surface area (Å²) in [5.41, 5.74) is 0. The molecule has 1 rings (SSSR count). The highest BCUT2D eigenvalue weighted by Gasteiger charge is 2.10. The van der Waals surface area contributed by atoms with Crippen molar-refractivity contribution in [3.8, 4) is 11.8 Å². The van der Waals surface area contributed by atoms with Gasteiger partial charge in [0.1, 0.15) is 9.39 Å². The molecular weight excluding hydrogens is 271 g/mol. The van der Waals surface area contributed by atoms with Crippen LogP contribution in [0.5, 0.6) is 11.8 Å². The first-order chi connectivity index (χ1) is 5.69. The van der Waals surface area contributed by atoms with Gasteiger partial charge in [-0.05, 0) is 29.5 Å². The van der Waals surface area contributed by atoms with E-state index in [1.54, 1.807) is 21.1 Å². The topological polar surface area (TPSA) is 44.2 Å². The molecule has 0 spiro atoms. The van der Waals surface area contributed by atoms with Gasteiger partial charge in [-0.2, -0.15) is 9.97 Å². The average Bonchev–Trinajstić information content (AvgIpc) is 2.08. The van der Waals surface area contributed by atoms with Crippen LogP contribution in [0.3, 0.4) is 0 Å². The fraction of sp³-hybridized carbons (Fsp3) is 0.429. The van der Waals surface area contributed by atoms with Crippen molar-refractivity contribution in [2.24, 2.45) is 0 Å². The Labute approximate surface area is 84.5 Å². The molecule has 1 aromatic rings. The predicted octanol–water partition coefficient (Wildman–Crippen LogP) is 1.41. The quantitative estimate of drug-likeness (QED) is 0.768. The lowest BCUT2D eigenvalue weighted by molar-refractivity contribution is 0.363. The third kappa shape index (κ3) is 1.77. The highest BCUT2D eigenvalue weighted by molar-refractivity contribution is 14.1. The molecule has 0 aromatic carbocycles. The molecule has 1 aromatic heterocycles. The van der Waals surface area contributed by atoms with Gasteiger partial charge in [-0.25, -0.2) is 0 Å². The van der Waals surface area contributed by atoms with Crippen LogP contribution in [0.1, 0.15) is 5.82 Å². The van der Waals surface area contributed by atoms with Crippen molar-refractivity contribution in [3.63, 3.8) is 0 Å². The lowest BCUT2D eigenvalue weighted by Crippen LogP contribution is -2.00. The van der Waals surface area contributed by atoms with Gasteiger partial charge in [-0.1, -0.05) is 0 Å². The van der Waals surface area contributed by atoms with Gasteiger partial charge in [0, 0.05) is 0 Å². The fourth-order valence-corrected chi connectivity index (χ4v) is 1.46. The van der Waals surface area contributed by atoms with Gasteiger partial charge in [-0.15, -0.1) is 0 Å². The van der Waals surface area contributed by atoms with Crippen LogP contribution < -0.4 is 9.47 Å². The Kier molecular flexibility index (Phi) is 3.07. The minimum Gasteiger partial charge on any atom is -0.480 e. The van der Waals surface area contributed by atoms with Gasteiger partial charge in [0.2, 0.25) is 11.8 Å². The molecule has 0 unspecified atom stereocenters. The van der Waals surface area contributed by atoms with Gasteiger partial charge in [0.05, 0.1) is 14.2 Å². The normalized spacial score (nSPS) is 9.67. The first-order valence-electron chi connectivity index (χ1n) is 3.31. The third-order valence-electron chi connectivity index (χ3n) is 1.29. The van der Waals surface area contributed by atoms with Crippen molar-refractivity contribution in [1.82, 2.24) is 9.97 Å². The summed E-state index contributed by atoms with van der Waals surface area (Å²) in [6.45, 7) is 1.79. The Balaban J connectivity index is 3.22. The van der Waals surface area contributed by atoms with Crippen LogP contribution in [0.15, 0.2) is 0 Å². The summed E-state index contributed by atoms with van der Waals surface area (Å²) < 4.78 is 10.9. The van der Waals surface area contributed by atoms with Crippen LogP contribution in [-0.4, -0.2) is 24.2 Å². The fourth-order valence-electron chi connectivity index (χ4n) is 0.779. The number of aromatic nitrogens is 2. The molecule has 0 amide bonds. The summed E-state index contributed by atoms with van der Waals surface area (Å²) in [4.78, 5) is 8.16. The van der Waals surface area contributed by atoms with Crippen LogP contribution in [-0.2, 0) is 0 Å². The summed E-state index contributed by atoms with van der Waals surface area (Å²) in [6.07, 6.45) is 0. The van der Waals surface area contributed by atoms with E-state index in [-0.39, 0.29) is 0 Å². The van der Waals surface area contributed by atoms with Crippen LogP contribution >= 0.6 is 22.6 Å². The Morgan fingerprint density at radius 1 is 1.08 bits per heavy atom. The van der Waals surface area contributed by atoms with Crippen LogP contribution in [0.4, 0.5) is 0 Å². The first-order valence-corrected chi connectivity index (χ1v) is 4.39. The molecule has 0 saturated heterocycles. The molecule has 66 valence electrons. The van der Waals surface area contributed by atoms with Gasteiger partial charge in [-0.3, -0.25) is 0 Å². The minimum absolute atomic E-state index is 0.556. The largest absolute Gasteiger partial charge is 0.480 e. The van der Waals surface area contributed by atoms with E-state index < -0.39 is 0 Å². The molecule has 0 N–H and O–H groups in total. The van der Waals surface area contributed by atoms with Crippen LogP contribution in [0, 0.1) is 10.5 Å². The van der Waals surface area contributed by atoms with Crippen molar-refractivity contribution in [1.29, 1.82) is 0 Å². The van der Waals surface area contributed by atoms with Crippen LogP contribution in [0.25, 0.3) is 0 Å². The third-order valence-corrected chi connectivity index (χ3v) is 2.21. The Bertz CT molecular complexity index is 266. The molecule has 0 fully saturated rings. The minimum atomic E-state index is 0.556. The summed E-state index contributed by atoms with van der Waals surface area (Å²) in [6, 6.07) is 0. The van der Waals surface area contributed by atoms with Gasteiger partial charge < -0.3 is 9.47 Å². The van der Waals surface area contributed by atoms with E-state index in [2.05, 4.69) is 32.6 Å². The molecule has 0 atom stereocenters. The second-order valence-electron chi connectivity index (χ2n) is 2.10. The Hall–Kier alpha value is -0.590.